The van der Waals surface area contributed by atoms with Gasteiger partial charge in [0.2, 0.25) is 0 Å². The summed E-state index contributed by atoms with van der Waals surface area (Å²) in [5, 5.41) is 39.8. The van der Waals surface area contributed by atoms with Gasteiger partial charge in [-0.15, -0.1) is 0 Å². The number of rotatable bonds is 54. The standard InChI is InChI=1S/2C35H68O4/c2*1-29(2)24-20-16-12-8-9-14-18-22-26-31(28-32(36)37)35(7,34(5,6)33(38)39)27-23-19-15-11-10-13-17-21-25-30(3)4/h2*29-31H,8-28H2,1-7H3,(H,36,37)(H,38,39). The summed E-state index contributed by atoms with van der Waals surface area (Å²) in [7, 11) is 0. The minimum Gasteiger partial charge on any atom is -0.481 e. The van der Waals surface area contributed by atoms with Crippen molar-refractivity contribution in [2.75, 3.05) is 0 Å². The van der Waals surface area contributed by atoms with Crippen molar-refractivity contribution in [2.45, 2.75) is 367 Å². The van der Waals surface area contributed by atoms with Crippen LogP contribution in [0.4, 0.5) is 0 Å². The normalized spacial score (nSPS) is 14.6. The van der Waals surface area contributed by atoms with Crippen molar-refractivity contribution in [2.24, 2.45) is 57.2 Å². The zero-order valence-corrected chi connectivity index (χ0v) is 54.6. The fraction of sp³-hybridized carbons (Fsp3) is 0.943. The minimum atomic E-state index is -0.959. The third-order valence-corrected chi connectivity index (χ3v) is 19.2. The van der Waals surface area contributed by atoms with Gasteiger partial charge < -0.3 is 20.4 Å². The largest absolute Gasteiger partial charge is 0.481 e. The molecule has 4 N–H and O–H groups in total. The van der Waals surface area contributed by atoms with Gasteiger partial charge in [-0.3, -0.25) is 19.2 Å². The van der Waals surface area contributed by atoms with Gasteiger partial charge in [-0.05, 0) is 99.7 Å². The molecule has 0 spiro atoms. The van der Waals surface area contributed by atoms with E-state index in [-0.39, 0.29) is 24.7 Å². The van der Waals surface area contributed by atoms with Crippen molar-refractivity contribution in [3.8, 4) is 0 Å². The van der Waals surface area contributed by atoms with Crippen LogP contribution in [-0.4, -0.2) is 44.3 Å². The Morgan fingerprint density at radius 1 is 0.269 bits per heavy atom. The zero-order valence-electron chi connectivity index (χ0n) is 54.6. The van der Waals surface area contributed by atoms with E-state index in [4.69, 9.17) is 0 Å². The van der Waals surface area contributed by atoms with E-state index in [1.54, 1.807) is 0 Å². The summed E-state index contributed by atoms with van der Waals surface area (Å²) in [5.74, 6) is -0.237. The van der Waals surface area contributed by atoms with Crippen molar-refractivity contribution in [3.63, 3.8) is 0 Å². The van der Waals surface area contributed by atoms with Crippen LogP contribution in [0.3, 0.4) is 0 Å². The number of unbranched alkanes of at least 4 members (excludes halogenated alkanes) is 28. The van der Waals surface area contributed by atoms with Crippen molar-refractivity contribution < 1.29 is 39.6 Å². The van der Waals surface area contributed by atoms with E-state index in [0.717, 1.165) is 101 Å². The lowest BCUT2D eigenvalue weighted by atomic mass is 9.56. The molecule has 0 aliphatic rings. The summed E-state index contributed by atoms with van der Waals surface area (Å²) < 4.78 is 0. The van der Waals surface area contributed by atoms with E-state index in [2.05, 4.69) is 69.2 Å². The number of hydrogen-bond donors (Lipinski definition) is 4. The zero-order chi connectivity index (χ0) is 59.5. The molecule has 78 heavy (non-hydrogen) atoms. The highest BCUT2D eigenvalue weighted by Crippen LogP contribution is 2.53. The van der Waals surface area contributed by atoms with E-state index in [9.17, 15) is 39.6 Å². The van der Waals surface area contributed by atoms with Gasteiger partial charge in [-0.1, -0.05) is 300 Å². The van der Waals surface area contributed by atoms with Crippen molar-refractivity contribution in [3.05, 3.63) is 0 Å². The molecule has 4 unspecified atom stereocenters. The van der Waals surface area contributed by atoms with E-state index < -0.39 is 45.5 Å². The van der Waals surface area contributed by atoms with Gasteiger partial charge in [-0.2, -0.15) is 0 Å². The van der Waals surface area contributed by atoms with Gasteiger partial charge in [0, 0.05) is 12.8 Å². The van der Waals surface area contributed by atoms with Crippen LogP contribution in [0.25, 0.3) is 0 Å². The molecule has 0 heterocycles. The lowest BCUT2D eigenvalue weighted by Gasteiger charge is -2.47. The molecule has 8 nitrogen and oxygen atoms in total. The number of hydrogen-bond acceptors (Lipinski definition) is 4. The Morgan fingerprint density at radius 3 is 0.603 bits per heavy atom. The van der Waals surface area contributed by atoms with E-state index in [1.807, 2.05) is 27.7 Å². The molecule has 0 aliphatic heterocycles. The van der Waals surface area contributed by atoms with Crippen molar-refractivity contribution >= 4 is 23.9 Å². The number of carboxylic acid groups (broad SMARTS) is 4. The number of carbonyl (C=O) groups is 4. The average Bonchev–Trinajstić information content (AvgIpc) is 3.34. The van der Waals surface area contributed by atoms with E-state index >= 15 is 0 Å². The number of aliphatic carboxylic acids is 4. The van der Waals surface area contributed by atoms with Crippen molar-refractivity contribution in [1.29, 1.82) is 0 Å². The molecule has 0 saturated carbocycles. The molecule has 8 heteroatoms. The van der Waals surface area contributed by atoms with Crippen LogP contribution in [0.1, 0.15) is 367 Å². The summed E-state index contributed by atoms with van der Waals surface area (Å²) in [6.45, 7) is 29.7. The van der Waals surface area contributed by atoms with E-state index in [0.29, 0.717) is 0 Å². The van der Waals surface area contributed by atoms with Crippen LogP contribution in [0.5, 0.6) is 0 Å². The molecule has 4 atom stereocenters. The molecule has 0 rings (SSSR count). The highest BCUT2D eigenvalue weighted by atomic mass is 16.4. The maximum atomic E-state index is 12.4. The first-order valence-corrected chi connectivity index (χ1v) is 33.6. The Kier molecular flexibility index (Phi) is 46.3. The quantitative estimate of drug-likeness (QED) is 0.0440. The summed E-state index contributed by atoms with van der Waals surface area (Å²) in [6, 6.07) is 0. The predicted molar refractivity (Wildman–Crippen MR) is 335 cm³/mol. The van der Waals surface area contributed by atoms with Crippen LogP contribution < -0.4 is 0 Å². The second-order valence-electron chi connectivity index (χ2n) is 28.4. The van der Waals surface area contributed by atoms with Crippen molar-refractivity contribution in [1.82, 2.24) is 0 Å². The lowest BCUT2D eigenvalue weighted by molar-refractivity contribution is -0.161. The molecule has 0 aromatic heterocycles. The first-order valence-electron chi connectivity index (χ1n) is 33.6. The first-order chi connectivity index (χ1) is 36.7. The van der Waals surface area contributed by atoms with Gasteiger partial charge in [0.25, 0.3) is 0 Å². The molecule has 0 bridgehead atoms. The van der Waals surface area contributed by atoms with Crippen LogP contribution in [0, 0.1) is 57.2 Å². The molecule has 0 amide bonds. The summed E-state index contributed by atoms with van der Waals surface area (Å²) in [4.78, 5) is 48.5. The molecule has 0 aliphatic carbocycles. The Hall–Kier alpha value is -2.12. The Labute approximate surface area is 485 Å². The molecule has 0 fully saturated rings. The molecule has 464 valence electrons. The molecule has 0 radical (unpaired) electrons. The molecule has 0 saturated heterocycles. The Morgan fingerprint density at radius 2 is 0.436 bits per heavy atom. The highest BCUT2D eigenvalue weighted by Gasteiger charge is 2.52. The first kappa shape index (κ1) is 77.9. The Bertz CT molecular complexity index is 1360. The molecule has 0 aromatic rings. The number of carboxylic acids is 4. The van der Waals surface area contributed by atoms with E-state index in [1.165, 1.54) is 180 Å². The van der Waals surface area contributed by atoms with Crippen LogP contribution in [0.15, 0.2) is 0 Å². The minimum absolute atomic E-state index is 0.0689. The fourth-order valence-corrected chi connectivity index (χ4v) is 12.5. The SMILES string of the molecule is CC(C)CCCCCCCCCCC(CC(=O)O)C(C)(CCCCCCCCCCC(C)C)C(C)(C)C(=O)O.CC(C)CCCCCCCCCCC(CC(=O)O)C(C)(CCCCCCCCCCC(C)C)C(C)(C)C(=O)O. The fourth-order valence-electron chi connectivity index (χ4n) is 12.5. The van der Waals surface area contributed by atoms with Crippen LogP contribution in [-0.2, 0) is 19.2 Å². The maximum absolute atomic E-state index is 12.4. The predicted octanol–water partition coefficient (Wildman–Crippen LogP) is 22.6. The maximum Gasteiger partial charge on any atom is 0.309 e. The molecule has 0 aromatic carbocycles. The van der Waals surface area contributed by atoms with Gasteiger partial charge in [0.15, 0.2) is 0 Å². The van der Waals surface area contributed by atoms with Gasteiger partial charge in [0.1, 0.15) is 0 Å². The average molecular weight is 1110 g/mol. The topological polar surface area (TPSA) is 149 Å². The second-order valence-corrected chi connectivity index (χ2v) is 28.4. The summed E-state index contributed by atoms with van der Waals surface area (Å²) >= 11 is 0. The summed E-state index contributed by atoms with van der Waals surface area (Å²) in [6.07, 6.45) is 47.9. The molecular weight excluding hydrogens is 969 g/mol. The second kappa shape index (κ2) is 46.4. The van der Waals surface area contributed by atoms with Gasteiger partial charge in [0.05, 0.1) is 10.8 Å². The molecular formula is C70H136O8. The Balaban J connectivity index is 0. The third kappa shape index (κ3) is 37.8. The van der Waals surface area contributed by atoms with Gasteiger partial charge >= 0.3 is 23.9 Å². The summed E-state index contributed by atoms with van der Waals surface area (Å²) in [5.41, 5.74) is -2.99. The van der Waals surface area contributed by atoms with Gasteiger partial charge in [-0.25, -0.2) is 0 Å². The highest BCUT2D eigenvalue weighted by molar-refractivity contribution is 5.76. The smallest absolute Gasteiger partial charge is 0.309 e. The monoisotopic (exact) mass is 1110 g/mol. The third-order valence-electron chi connectivity index (χ3n) is 19.2. The van der Waals surface area contributed by atoms with Crippen LogP contribution in [0.2, 0.25) is 0 Å². The van der Waals surface area contributed by atoms with Crippen LogP contribution >= 0.6 is 0 Å². The lowest BCUT2D eigenvalue weighted by Crippen LogP contribution is -2.47.